The van der Waals surface area contributed by atoms with E-state index in [-0.39, 0.29) is 6.42 Å². The normalized spacial score (nSPS) is 14.3. The van der Waals surface area contributed by atoms with Crippen molar-refractivity contribution in [1.82, 2.24) is 5.32 Å². The van der Waals surface area contributed by atoms with Gasteiger partial charge in [0.15, 0.2) is 0 Å². The number of hydrogen-bond acceptors (Lipinski definition) is 6. The third-order valence-corrected chi connectivity index (χ3v) is 3.54. The molecule has 3 N–H and O–H groups in total. The lowest BCUT2D eigenvalue weighted by molar-refractivity contribution is -0.151. The quantitative estimate of drug-likeness (QED) is 0.710. The van der Waals surface area contributed by atoms with Gasteiger partial charge in [0, 0.05) is 6.04 Å². The van der Waals surface area contributed by atoms with Crippen LogP contribution >= 0.6 is 0 Å². The van der Waals surface area contributed by atoms with Crippen molar-refractivity contribution in [2.45, 2.75) is 25.4 Å². The van der Waals surface area contributed by atoms with Crippen LogP contribution in [-0.4, -0.2) is 38.1 Å². The Morgan fingerprint density at radius 2 is 1.74 bits per heavy atom. The van der Waals surface area contributed by atoms with E-state index in [4.69, 9.17) is 5.73 Å². The first-order valence-electron chi connectivity index (χ1n) is 7.16. The first-order valence-corrected chi connectivity index (χ1v) is 7.16. The van der Waals surface area contributed by atoms with Gasteiger partial charge in [-0.15, -0.1) is 0 Å². The van der Waals surface area contributed by atoms with E-state index in [1.807, 2.05) is 30.3 Å². The molecule has 23 heavy (non-hydrogen) atoms. The summed E-state index contributed by atoms with van der Waals surface area (Å²) in [6.45, 7) is 1.65. The van der Waals surface area contributed by atoms with E-state index in [0.29, 0.717) is 0 Å². The summed E-state index contributed by atoms with van der Waals surface area (Å²) in [5.41, 5.74) is 6.89. The fourth-order valence-electron chi connectivity index (χ4n) is 2.02. The summed E-state index contributed by atoms with van der Waals surface area (Å²) >= 11 is 0. The predicted octanol–water partition coefficient (Wildman–Crippen LogP) is 0.543. The largest absolute Gasteiger partial charge is 0.469 e. The second-order valence-corrected chi connectivity index (χ2v) is 5.09. The molecule has 0 spiro atoms. The molecule has 0 radical (unpaired) electrons. The van der Waals surface area contributed by atoms with Crippen LogP contribution in [0.15, 0.2) is 30.3 Å². The molecule has 0 fully saturated rings. The van der Waals surface area contributed by atoms with Crippen molar-refractivity contribution >= 4 is 17.8 Å². The Hall–Kier alpha value is -2.41. The van der Waals surface area contributed by atoms with Gasteiger partial charge >= 0.3 is 11.9 Å². The van der Waals surface area contributed by atoms with Crippen molar-refractivity contribution in [1.29, 1.82) is 0 Å². The Morgan fingerprint density at radius 1 is 1.13 bits per heavy atom. The van der Waals surface area contributed by atoms with Crippen molar-refractivity contribution in [3.63, 3.8) is 0 Å². The first kappa shape index (κ1) is 18.6. The second-order valence-electron chi connectivity index (χ2n) is 5.09. The van der Waals surface area contributed by atoms with Crippen LogP contribution in [0.1, 0.15) is 24.9 Å². The average Bonchev–Trinajstić information content (AvgIpc) is 2.59. The minimum absolute atomic E-state index is 0.303. The molecule has 1 aromatic carbocycles. The molecule has 7 nitrogen and oxygen atoms in total. The van der Waals surface area contributed by atoms with Gasteiger partial charge in [-0.2, -0.15) is 0 Å². The highest BCUT2D eigenvalue weighted by Gasteiger charge is 2.29. The number of carbonyl (C=O) groups is 3. The summed E-state index contributed by atoms with van der Waals surface area (Å²) in [5.74, 6) is -2.38. The summed E-state index contributed by atoms with van der Waals surface area (Å²) < 4.78 is 9.10. The number of amides is 1. The van der Waals surface area contributed by atoms with Crippen LogP contribution < -0.4 is 11.1 Å². The lowest BCUT2D eigenvalue weighted by atomic mass is 9.94. The van der Waals surface area contributed by atoms with Crippen LogP contribution in [0.3, 0.4) is 0 Å². The SMILES string of the molecule is COC(=O)CC(NC(=O)C(C)C(N)c1ccccc1)C(=O)OC. The van der Waals surface area contributed by atoms with Gasteiger partial charge in [-0.1, -0.05) is 37.3 Å². The Balaban J connectivity index is 2.77. The molecule has 0 saturated heterocycles. The molecule has 1 rings (SSSR count). The Bertz CT molecular complexity index is 547. The highest BCUT2D eigenvalue weighted by atomic mass is 16.5. The number of methoxy groups -OCH3 is 2. The monoisotopic (exact) mass is 322 g/mol. The lowest BCUT2D eigenvalue weighted by Gasteiger charge is -2.22. The first-order chi connectivity index (χ1) is 10.9. The van der Waals surface area contributed by atoms with Gasteiger partial charge in [0.2, 0.25) is 5.91 Å². The zero-order valence-corrected chi connectivity index (χ0v) is 13.4. The maximum absolute atomic E-state index is 12.3. The van der Waals surface area contributed by atoms with Crippen LogP contribution in [0.25, 0.3) is 0 Å². The Morgan fingerprint density at radius 3 is 2.26 bits per heavy atom. The number of ether oxygens (including phenoxy) is 2. The van der Waals surface area contributed by atoms with Crippen LogP contribution in [-0.2, 0) is 23.9 Å². The number of nitrogens with two attached hydrogens (primary N) is 1. The van der Waals surface area contributed by atoms with Crippen molar-refractivity contribution in [3.05, 3.63) is 35.9 Å². The maximum atomic E-state index is 12.3. The van der Waals surface area contributed by atoms with E-state index in [9.17, 15) is 14.4 Å². The highest BCUT2D eigenvalue weighted by Crippen LogP contribution is 2.19. The standard InChI is InChI=1S/C16H22N2O5/c1-10(14(17)11-7-5-4-6-8-11)15(20)18-12(16(21)23-3)9-13(19)22-2/h4-8,10,12,14H,9,17H2,1-3H3,(H,18,20). The highest BCUT2D eigenvalue weighted by molar-refractivity contribution is 5.89. The molecule has 1 amide bonds. The molecule has 1 aromatic rings. The summed E-state index contributed by atoms with van der Waals surface area (Å²) in [6.07, 6.45) is -0.303. The van der Waals surface area contributed by atoms with Crippen molar-refractivity contribution in [2.75, 3.05) is 14.2 Å². The number of hydrogen-bond donors (Lipinski definition) is 2. The predicted molar refractivity (Wildman–Crippen MR) is 83.1 cm³/mol. The molecular formula is C16H22N2O5. The summed E-state index contributed by atoms with van der Waals surface area (Å²) in [7, 11) is 2.38. The molecule has 0 bridgehead atoms. The molecule has 3 unspecified atom stereocenters. The molecule has 0 aromatic heterocycles. The Labute approximate surface area is 135 Å². The number of nitrogens with one attached hydrogen (secondary N) is 1. The smallest absolute Gasteiger partial charge is 0.328 e. The third-order valence-electron chi connectivity index (χ3n) is 3.54. The molecule has 3 atom stereocenters. The fraction of sp³-hybridized carbons (Fsp3) is 0.438. The summed E-state index contributed by atoms with van der Waals surface area (Å²) in [6, 6.07) is 7.51. The van der Waals surface area contributed by atoms with E-state index in [0.717, 1.165) is 5.56 Å². The van der Waals surface area contributed by atoms with Gasteiger partial charge in [-0.05, 0) is 5.56 Å². The number of benzene rings is 1. The van der Waals surface area contributed by atoms with Crippen LogP contribution in [0.5, 0.6) is 0 Å². The van der Waals surface area contributed by atoms with Gasteiger partial charge in [0.1, 0.15) is 6.04 Å². The molecule has 0 heterocycles. The van der Waals surface area contributed by atoms with Crippen LogP contribution in [0, 0.1) is 5.92 Å². The minimum Gasteiger partial charge on any atom is -0.469 e. The number of carbonyl (C=O) groups excluding carboxylic acids is 3. The van der Waals surface area contributed by atoms with Gasteiger partial charge in [0.05, 0.1) is 26.6 Å². The van der Waals surface area contributed by atoms with E-state index >= 15 is 0 Å². The van der Waals surface area contributed by atoms with E-state index in [2.05, 4.69) is 14.8 Å². The molecule has 126 valence electrons. The average molecular weight is 322 g/mol. The number of esters is 2. The molecular weight excluding hydrogens is 300 g/mol. The Kier molecular flexibility index (Phi) is 7.21. The molecule has 0 aliphatic carbocycles. The third kappa shape index (κ3) is 5.37. The van der Waals surface area contributed by atoms with Crippen LogP contribution in [0.2, 0.25) is 0 Å². The summed E-state index contributed by atoms with van der Waals surface area (Å²) in [4.78, 5) is 35.3. The molecule has 0 aliphatic rings. The molecule has 7 heteroatoms. The topological polar surface area (TPSA) is 108 Å². The second kappa shape index (κ2) is 8.89. The van der Waals surface area contributed by atoms with Gasteiger partial charge in [-0.3, -0.25) is 9.59 Å². The molecule has 0 aliphatic heterocycles. The molecule has 0 saturated carbocycles. The van der Waals surface area contributed by atoms with E-state index in [1.165, 1.54) is 14.2 Å². The zero-order chi connectivity index (χ0) is 17.4. The minimum atomic E-state index is -1.11. The van der Waals surface area contributed by atoms with Crippen molar-refractivity contribution in [3.8, 4) is 0 Å². The van der Waals surface area contributed by atoms with E-state index < -0.39 is 35.8 Å². The van der Waals surface area contributed by atoms with Gasteiger partial charge < -0.3 is 20.5 Å². The lowest BCUT2D eigenvalue weighted by Crippen LogP contribution is -2.46. The van der Waals surface area contributed by atoms with Gasteiger partial charge in [0.25, 0.3) is 0 Å². The van der Waals surface area contributed by atoms with Crippen molar-refractivity contribution in [2.24, 2.45) is 11.7 Å². The maximum Gasteiger partial charge on any atom is 0.328 e. The zero-order valence-electron chi connectivity index (χ0n) is 13.4. The van der Waals surface area contributed by atoms with Crippen molar-refractivity contribution < 1.29 is 23.9 Å². The van der Waals surface area contributed by atoms with Crippen LogP contribution in [0.4, 0.5) is 0 Å². The fourth-order valence-corrected chi connectivity index (χ4v) is 2.02. The van der Waals surface area contributed by atoms with Gasteiger partial charge in [-0.25, -0.2) is 4.79 Å². The summed E-state index contributed by atoms with van der Waals surface area (Å²) in [5, 5.41) is 2.49. The van der Waals surface area contributed by atoms with E-state index in [1.54, 1.807) is 6.92 Å². The number of rotatable bonds is 7.